The zero-order chi connectivity index (χ0) is 25.1. The molecule has 1 fully saturated rings. The van der Waals surface area contributed by atoms with E-state index in [9.17, 15) is 18.0 Å². The lowest BCUT2D eigenvalue weighted by Gasteiger charge is -2.45. The summed E-state index contributed by atoms with van der Waals surface area (Å²) in [5, 5.41) is 12.4. The van der Waals surface area contributed by atoms with Crippen LogP contribution in [0.15, 0.2) is 43.0 Å². The van der Waals surface area contributed by atoms with Gasteiger partial charge in [-0.05, 0) is 62.4 Å². The number of fused-ring (bicyclic) bond motifs is 4. The van der Waals surface area contributed by atoms with Gasteiger partial charge in [0.2, 0.25) is 0 Å². The zero-order valence-corrected chi connectivity index (χ0v) is 19.8. The fourth-order valence-electron chi connectivity index (χ4n) is 5.80. The molecular weight excluding hydrogens is 469 g/mol. The fourth-order valence-corrected chi connectivity index (χ4v) is 5.80. The smallest absolute Gasteiger partial charge is 0.255 e. The van der Waals surface area contributed by atoms with Crippen LogP contribution in [0.5, 0.6) is 0 Å². The van der Waals surface area contributed by atoms with Crippen LogP contribution in [-0.2, 0) is 13.5 Å². The van der Waals surface area contributed by atoms with Crippen LogP contribution < -0.4 is 0 Å². The molecule has 1 unspecified atom stereocenters. The van der Waals surface area contributed by atoms with E-state index in [4.69, 9.17) is 5.10 Å². The topological polar surface area (TPSA) is 68.8 Å². The third kappa shape index (κ3) is 3.35. The van der Waals surface area contributed by atoms with Gasteiger partial charge >= 0.3 is 0 Å². The second kappa shape index (κ2) is 8.32. The van der Waals surface area contributed by atoms with Gasteiger partial charge in [0.05, 0.1) is 23.1 Å². The van der Waals surface area contributed by atoms with Crippen molar-refractivity contribution in [1.82, 2.24) is 29.4 Å². The molecule has 0 radical (unpaired) electrons. The fraction of sp³-hybridized carbons (Fsp3) is 0.308. The molecule has 2 aromatic carbocycles. The Balaban J connectivity index is 1.42. The number of piperidine rings is 1. The second-order valence-electron chi connectivity index (χ2n) is 9.43. The largest absolute Gasteiger partial charge is 0.327 e. The van der Waals surface area contributed by atoms with Gasteiger partial charge in [-0.2, -0.15) is 5.10 Å². The van der Waals surface area contributed by atoms with Crippen molar-refractivity contribution < 1.29 is 18.0 Å². The van der Waals surface area contributed by atoms with E-state index in [2.05, 4.69) is 10.2 Å². The van der Waals surface area contributed by atoms with Crippen molar-refractivity contribution in [3.63, 3.8) is 0 Å². The summed E-state index contributed by atoms with van der Waals surface area (Å²) in [6.45, 7) is 1.91. The first-order valence-electron chi connectivity index (χ1n) is 11.8. The van der Waals surface area contributed by atoms with Gasteiger partial charge in [-0.15, -0.1) is 10.2 Å². The third-order valence-corrected chi connectivity index (χ3v) is 7.40. The van der Waals surface area contributed by atoms with Crippen molar-refractivity contribution >= 4 is 5.91 Å². The van der Waals surface area contributed by atoms with E-state index in [1.54, 1.807) is 29.0 Å². The number of nitrogens with zero attached hydrogens (tertiary/aromatic N) is 6. The number of halogens is 3. The maximum Gasteiger partial charge on any atom is 0.255 e. The number of amides is 1. The first-order chi connectivity index (χ1) is 17.3. The van der Waals surface area contributed by atoms with E-state index in [-0.39, 0.29) is 23.6 Å². The maximum atomic E-state index is 14.0. The third-order valence-electron chi connectivity index (χ3n) is 7.40. The van der Waals surface area contributed by atoms with Gasteiger partial charge in [0.25, 0.3) is 5.91 Å². The highest BCUT2D eigenvalue weighted by atomic mass is 19.2. The molecule has 1 amide bonds. The Morgan fingerprint density at radius 2 is 1.78 bits per heavy atom. The highest BCUT2D eigenvalue weighted by molar-refractivity contribution is 5.97. The minimum Gasteiger partial charge on any atom is -0.327 e. The monoisotopic (exact) mass is 492 g/mol. The molecule has 6 rings (SSSR count). The van der Waals surface area contributed by atoms with Crippen molar-refractivity contribution in [2.75, 3.05) is 0 Å². The van der Waals surface area contributed by atoms with Crippen LogP contribution in [-0.4, -0.2) is 41.4 Å². The maximum absolute atomic E-state index is 14.0. The number of hydrogen-bond acceptors (Lipinski definition) is 4. The Kier molecular flexibility index (Phi) is 5.20. The summed E-state index contributed by atoms with van der Waals surface area (Å²) in [6.07, 6.45) is 6.19. The minimum atomic E-state index is -1.49. The van der Waals surface area contributed by atoms with Gasteiger partial charge in [0.1, 0.15) is 12.7 Å². The molecule has 0 spiro atoms. The summed E-state index contributed by atoms with van der Waals surface area (Å²) in [7, 11) is 1.70. The predicted octanol–water partition coefficient (Wildman–Crippen LogP) is 4.69. The molecule has 2 aliphatic rings. The molecule has 4 aromatic rings. The van der Waals surface area contributed by atoms with Gasteiger partial charge in [0.15, 0.2) is 17.5 Å². The van der Waals surface area contributed by atoms with E-state index in [1.165, 1.54) is 0 Å². The summed E-state index contributed by atoms with van der Waals surface area (Å²) in [5.74, 6) is -4.05. The second-order valence-corrected chi connectivity index (χ2v) is 9.43. The normalized spacial score (nSPS) is 18.9. The predicted molar refractivity (Wildman–Crippen MR) is 125 cm³/mol. The highest BCUT2D eigenvalue weighted by Crippen LogP contribution is 2.45. The van der Waals surface area contributed by atoms with E-state index in [0.717, 1.165) is 53.9 Å². The average molecular weight is 493 g/mol. The molecule has 10 heteroatoms. The Morgan fingerprint density at radius 3 is 2.50 bits per heavy atom. The molecule has 36 heavy (non-hydrogen) atoms. The molecule has 7 nitrogen and oxygen atoms in total. The van der Waals surface area contributed by atoms with E-state index in [1.807, 2.05) is 30.0 Å². The molecule has 0 N–H and O–H groups in total. The number of aromatic nitrogens is 5. The van der Waals surface area contributed by atoms with Crippen molar-refractivity contribution in [2.24, 2.45) is 7.05 Å². The lowest BCUT2D eigenvalue weighted by Crippen LogP contribution is -2.50. The summed E-state index contributed by atoms with van der Waals surface area (Å²) in [5.41, 5.74) is 4.63. The molecule has 0 saturated carbocycles. The average Bonchev–Trinajstić information content (AvgIpc) is 3.50. The highest BCUT2D eigenvalue weighted by Gasteiger charge is 2.44. The number of hydrogen-bond donors (Lipinski definition) is 0. The van der Waals surface area contributed by atoms with E-state index in [0.29, 0.717) is 17.7 Å². The van der Waals surface area contributed by atoms with Crippen LogP contribution in [0.25, 0.3) is 16.9 Å². The quantitative estimate of drug-likeness (QED) is 0.390. The Labute approximate surface area is 205 Å². The van der Waals surface area contributed by atoms with Crippen molar-refractivity contribution in [1.29, 1.82) is 0 Å². The molecule has 184 valence electrons. The van der Waals surface area contributed by atoms with Gasteiger partial charge in [-0.25, -0.2) is 13.2 Å². The zero-order valence-electron chi connectivity index (χ0n) is 19.8. The molecule has 2 bridgehead atoms. The molecule has 1 saturated heterocycles. The van der Waals surface area contributed by atoms with Crippen molar-refractivity contribution in [3.05, 3.63) is 82.8 Å². The van der Waals surface area contributed by atoms with Crippen LogP contribution in [0.3, 0.4) is 0 Å². The van der Waals surface area contributed by atoms with E-state index >= 15 is 0 Å². The standard InChI is InChI=1S/C26H23F3N6O/c1-14-17(6-4-7-21(14)34-12-30-31-13-34)26(36)35-16-5-3-8-22(35)24-18(11-16)25(33(2)32-24)15-9-19(27)23(29)20(28)10-15/h4,6-7,9-10,12-13,16,22H,3,5,8,11H2,1-2H3/t16?,22-/m1/s1. The van der Waals surface area contributed by atoms with Gasteiger partial charge in [0, 0.05) is 29.8 Å². The van der Waals surface area contributed by atoms with Gasteiger partial charge in [-0.1, -0.05) is 6.07 Å². The van der Waals surface area contributed by atoms with Crippen LogP contribution in [0, 0.1) is 24.4 Å². The van der Waals surface area contributed by atoms with Crippen LogP contribution in [0.4, 0.5) is 13.2 Å². The summed E-state index contributed by atoms with van der Waals surface area (Å²) >= 11 is 0. The molecular formula is C26H23F3N6O. The number of carbonyl (C=O) groups excluding carboxylic acids is 1. The lowest BCUT2D eigenvalue weighted by atomic mass is 9.81. The number of rotatable bonds is 3. The summed E-state index contributed by atoms with van der Waals surface area (Å²) in [6, 6.07) is 7.25. The van der Waals surface area contributed by atoms with Crippen molar-refractivity contribution in [2.45, 2.75) is 44.7 Å². The first kappa shape index (κ1) is 22.5. The number of benzene rings is 2. The van der Waals surface area contributed by atoms with Gasteiger partial charge in [-0.3, -0.25) is 14.0 Å². The van der Waals surface area contributed by atoms with Crippen LogP contribution in [0.2, 0.25) is 0 Å². The SMILES string of the molecule is Cc1c(C(=O)N2C3CCC[C@@H]2c2nn(C)c(-c4cc(F)c(F)c(F)c4)c2C3)cccc1-n1cnnc1. The first-order valence-corrected chi connectivity index (χ1v) is 11.8. The molecule has 2 aromatic heterocycles. The van der Waals surface area contributed by atoms with Crippen LogP contribution in [0.1, 0.15) is 52.5 Å². The molecule has 4 heterocycles. The minimum absolute atomic E-state index is 0.0751. The number of aryl methyl sites for hydroxylation is 1. The molecule has 0 aliphatic carbocycles. The summed E-state index contributed by atoms with van der Waals surface area (Å²) < 4.78 is 45.1. The van der Waals surface area contributed by atoms with E-state index < -0.39 is 17.5 Å². The summed E-state index contributed by atoms with van der Waals surface area (Å²) in [4.78, 5) is 15.9. The molecule has 2 atom stereocenters. The van der Waals surface area contributed by atoms with Crippen LogP contribution >= 0.6 is 0 Å². The Hall–Kier alpha value is -3.95. The van der Waals surface area contributed by atoms with Gasteiger partial charge < -0.3 is 4.90 Å². The Bertz CT molecular complexity index is 1470. The number of carbonyl (C=O) groups is 1. The lowest BCUT2D eigenvalue weighted by molar-refractivity contribution is 0.0391. The molecule has 2 aliphatic heterocycles. The Morgan fingerprint density at radius 1 is 1.06 bits per heavy atom. The van der Waals surface area contributed by atoms with Crippen molar-refractivity contribution in [3.8, 4) is 16.9 Å².